The van der Waals surface area contributed by atoms with Crippen LogP contribution in [-0.2, 0) is 17.6 Å². The van der Waals surface area contributed by atoms with Gasteiger partial charge in [0.1, 0.15) is 0 Å². The molecule has 0 aliphatic heterocycles. The molecular weight excluding hydrogens is 464 g/mol. The summed E-state index contributed by atoms with van der Waals surface area (Å²) < 4.78 is 6.77. The number of nitrogens with two attached hydrogens (primary N) is 1. The minimum atomic E-state index is -0.408. The first kappa shape index (κ1) is 19.3. The van der Waals surface area contributed by atoms with Crippen LogP contribution in [0.2, 0.25) is 0 Å². The van der Waals surface area contributed by atoms with E-state index >= 15 is 0 Å². The normalized spacial score (nSPS) is 19.8. The van der Waals surface area contributed by atoms with Gasteiger partial charge in [-0.15, -0.1) is 0 Å². The number of pyridine rings is 2. The Bertz CT molecular complexity index is 816. The molecule has 26 heavy (non-hydrogen) atoms. The van der Waals surface area contributed by atoms with E-state index in [1.54, 1.807) is 12.4 Å². The number of methoxy groups -OCH3 is 1. The fourth-order valence-corrected chi connectivity index (χ4v) is 4.33. The highest BCUT2D eigenvalue weighted by atomic mass is 79.9. The van der Waals surface area contributed by atoms with E-state index in [1.165, 1.54) is 18.2 Å². The van der Waals surface area contributed by atoms with Gasteiger partial charge >= 0.3 is 6.09 Å². The second kappa shape index (κ2) is 8.45. The number of carbonyl (C=O) groups excluding carboxylic acids is 1. The molecule has 1 amide bonds. The number of carbonyl (C=O) groups is 1. The van der Waals surface area contributed by atoms with E-state index in [0.29, 0.717) is 0 Å². The molecule has 8 heteroatoms. The summed E-state index contributed by atoms with van der Waals surface area (Å²) in [5, 5.41) is 2.77. The van der Waals surface area contributed by atoms with Crippen molar-refractivity contribution in [2.24, 2.45) is 5.73 Å². The first-order chi connectivity index (χ1) is 12.5. The molecule has 2 aromatic heterocycles. The number of ether oxygens (including phenoxy) is 1. The summed E-state index contributed by atoms with van der Waals surface area (Å²) in [6, 6.07) is 4.02. The highest BCUT2D eigenvalue weighted by molar-refractivity contribution is 9.10. The molecule has 138 valence electrons. The molecule has 0 spiro atoms. The Morgan fingerprint density at radius 3 is 2.31 bits per heavy atom. The van der Waals surface area contributed by atoms with Crippen molar-refractivity contribution in [2.45, 2.75) is 37.8 Å². The summed E-state index contributed by atoms with van der Waals surface area (Å²) in [5.41, 5.74) is 10.3. The van der Waals surface area contributed by atoms with Crippen molar-refractivity contribution in [1.29, 1.82) is 0 Å². The fraction of sp³-hybridized carbons (Fsp3) is 0.389. The van der Waals surface area contributed by atoms with E-state index in [9.17, 15) is 4.79 Å². The number of fused-ring (bicyclic) bond motifs is 2. The molecule has 0 bridgehead atoms. The monoisotopic (exact) mass is 482 g/mol. The largest absolute Gasteiger partial charge is 0.453 e. The minimum absolute atomic E-state index is 0.0232. The molecule has 3 N–H and O–H groups in total. The van der Waals surface area contributed by atoms with E-state index in [-0.39, 0.29) is 12.1 Å². The number of alkyl carbamates (subject to hydrolysis) is 1. The first-order valence-electron chi connectivity index (χ1n) is 8.38. The molecule has 0 saturated heterocycles. The summed E-state index contributed by atoms with van der Waals surface area (Å²) in [7, 11) is 1.36. The second-order valence-corrected chi connectivity index (χ2v) is 7.89. The molecule has 0 radical (unpaired) electrons. The van der Waals surface area contributed by atoms with Crippen molar-refractivity contribution < 1.29 is 9.53 Å². The van der Waals surface area contributed by atoms with Gasteiger partial charge in [0.15, 0.2) is 0 Å². The molecule has 0 saturated carbocycles. The van der Waals surface area contributed by atoms with Crippen molar-refractivity contribution in [3.05, 3.63) is 56.0 Å². The van der Waals surface area contributed by atoms with E-state index in [1.807, 2.05) is 12.1 Å². The maximum atomic E-state index is 11.1. The van der Waals surface area contributed by atoms with E-state index in [0.717, 1.165) is 46.0 Å². The van der Waals surface area contributed by atoms with Gasteiger partial charge in [-0.3, -0.25) is 9.97 Å². The van der Waals surface area contributed by atoms with Gasteiger partial charge in [-0.1, -0.05) is 31.9 Å². The lowest BCUT2D eigenvalue weighted by Gasteiger charge is -2.11. The Kier molecular flexibility index (Phi) is 6.26. The van der Waals surface area contributed by atoms with Crippen molar-refractivity contribution in [1.82, 2.24) is 15.3 Å². The van der Waals surface area contributed by atoms with E-state index < -0.39 is 6.09 Å². The van der Waals surface area contributed by atoms with Gasteiger partial charge < -0.3 is 15.8 Å². The zero-order chi connectivity index (χ0) is 18.7. The smallest absolute Gasteiger partial charge is 0.407 e. The Labute approximate surface area is 169 Å². The lowest BCUT2D eigenvalue weighted by molar-refractivity contribution is 0.166. The Balaban J connectivity index is 0.000000158. The maximum absolute atomic E-state index is 11.1. The molecular formula is C18H20Br2N4O2. The molecule has 0 aromatic carbocycles. The standard InChI is InChI=1S/C10H11BrN2O2.C8H9BrN2/c1-15-10(14)13-8-3-2-6-7(11)4-5-12-9(6)8;9-6-3-4-11-8-5(6)1-2-7(8)10/h4-5,8H,2-3H2,1H3,(H,13,14);3-4,7H,1-2,10H2. The number of amides is 1. The number of aromatic nitrogens is 2. The molecule has 2 heterocycles. The molecule has 2 unspecified atom stereocenters. The molecule has 6 nitrogen and oxygen atoms in total. The van der Waals surface area contributed by atoms with Crippen LogP contribution in [0.15, 0.2) is 33.5 Å². The van der Waals surface area contributed by atoms with Crippen LogP contribution in [0, 0.1) is 0 Å². The van der Waals surface area contributed by atoms with Gasteiger partial charge in [0.25, 0.3) is 0 Å². The summed E-state index contributed by atoms with van der Waals surface area (Å²) in [6.45, 7) is 0. The van der Waals surface area contributed by atoms with Crippen LogP contribution < -0.4 is 11.1 Å². The van der Waals surface area contributed by atoms with Crippen LogP contribution in [0.3, 0.4) is 0 Å². The first-order valence-corrected chi connectivity index (χ1v) is 9.96. The lowest BCUT2D eigenvalue weighted by Crippen LogP contribution is -2.27. The van der Waals surface area contributed by atoms with Gasteiger partial charge in [-0.25, -0.2) is 4.79 Å². The second-order valence-electron chi connectivity index (χ2n) is 6.19. The highest BCUT2D eigenvalue weighted by Crippen LogP contribution is 2.34. The van der Waals surface area contributed by atoms with Gasteiger partial charge in [0, 0.05) is 27.4 Å². The molecule has 0 fully saturated rings. The summed E-state index contributed by atoms with van der Waals surface area (Å²) in [5.74, 6) is 0. The molecule has 2 aromatic rings. The average molecular weight is 484 g/mol. The van der Waals surface area contributed by atoms with Crippen LogP contribution in [0.5, 0.6) is 0 Å². The average Bonchev–Trinajstić information content (AvgIpc) is 3.22. The minimum Gasteiger partial charge on any atom is -0.453 e. The Morgan fingerprint density at radius 2 is 1.69 bits per heavy atom. The summed E-state index contributed by atoms with van der Waals surface area (Å²) in [6.07, 6.45) is 7.03. The van der Waals surface area contributed by atoms with Gasteiger partial charge in [-0.05, 0) is 48.9 Å². The maximum Gasteiger partial charge on any atom is 0.407 e. The fourth-order valence-electron chi connectivity index (χ4n) is 3.29. The van der Waals surface area contributed by atoms with Crippen molar-refractivity contribution in [3.63, 3.8) is 0 Å². The molecule has 2 aliphatic rings. The third kappa shape index (κ3) is 4.07. The van der Waals surface area contributed by atoms with E-state index in [2.05, 4.69) is 51.9 Å². The Hall–Kier alpha value is -1.51. The topological polar surface area (TPSA) is 90.1 Å². The number of rotatable bonds is 1. The van der Waals surface area contributed by atoms with Crippen LogP contribution in [-0.4, -0.2) is 23.2 Å². The van der Waals surface area contributed by atoms with Crippen LogP contribution in [0.1, 0.15) is 47.4 Å². The molecule has 2 aliphatic carbocycles. The van der Waals surface area contributed by atoms with Crippen LogP contribution in [0.4, 0.5) is 4.79 Å². The van der Waals surface area contributed by atoms with E-state index in [4.69, 9.17) is 5.73 Å². The summed E-state index contributed by atoms with van der Waals surface area (Å²) in [4.78, 5) is 19.6. The van der Waals surface area contributed by atoms with Crippen molar-refractivity contribution in [3.8, 4) is 0 Å². The number of halogens is 2. The van der Waals surface area contributed by atoms with Crippen molar-refractivity contribution in [2.75, 3.05) is 7.11 Å². The highest BCUT2D eigenvalue weighted by Gasteiger charge is 2.27. The van der Waals surface area contributed by atoms with Gasteiger partial charge in [0.05, 0.1) is 24.5 Å². The third-order valence-electron chi connectivity index (χ3n) is 4.61. The zero-order valence-electron chi connectivity index (χ0n) is 14.3. The molecule has 4 rings (SSSR count). The van der Waals surface area contributed by atoms with Gasteiger partial charge in [0.2, 0.25) is 0 Å². The Morgan fingerprint density at radius 1 is 1.12 bits per heavy atom. The number of nitrogens with one attached hydrogen (secondary N) is 1. The predicted molar refractivity (Wildman–Crippen MR) is 106 cm³/mol. The quantitative estimate of drug-likeness (QED) is 0.640. The number of nitrogens with zero attached hydrogens (tertiary/aromatic N) is 2. The lowest BCUT2D eigenvalue weighted by atomic mass is 10.2. The zero-order valence-corrected chi connectivity index (χ0v) is 17.5. The number of hydrogen-bond acceptors (Lipinski definition) is 5. The van der Waals surface area contributed by atoms with Crippen LogP contribution >= 0.6 is 31.9 Å². The summed E-state index contributed by atoms with van der Waals surface area (Å²) >= 11 is 6.95. The number of hydrogen-bond donors (Lipinski definition) is 2. The van der Waals surface area contributed by atoms with Crippen molar-refractivity contribution >= 4 is 38.0 Å². The van der Waals surface area contributed by atoms with Crippen LogP contribution in [0.25, 0.3) is 0 Å². The third-order valence-corrected chi connectivity index (χ3v) is 6.10. The molecule has 2 atom stereocenters. The van der Waals surface area contributed by atoms with Gasteiger partial charge in [-0.2, -0.15) is 0 Å². The predicted octanol–water partition coefficient (Wildman–Crippen LogP) is 3.98. The SMILES string of the molecule is COC(=O)NC1CCc2c(Br)ccnc21.NC1CCc2c(Br)ccnc21.